The van der Waals surface area contributed by atoms with Crippen LogP contribution >= 0.6 is 0 Å². The average molecular weight is 290 g/mol. The van der Waals surface area contributed by atoms with Crippen molar-refractivity contribution in [3.63, 3.8) is 0 Å². The minimum absolute atomic E-state index is 0.0783. The average Bonchev–Trinajstić information content (AvgIpc) is 2.42. The Hall–Kier alpha value is -1.14. The number of carbonyl (C=O) groups is 2. The van der Waals surface area contributed by atoms with Gasteiger partial charge in [0.25, 0.3) is 0 Å². The van der Waals surface area contributed by atoms with E-state index < -0.39 is 29.9 Å². The third-order valence-corrected chi connectivity index (χ3v) is 2.95. The van der Waals surface area contributed by atoms with Gasteiger partial charge in [-0.05, 0) is 27.2 Å². The summed E-state index contributed by atoms with van der Waals surface area (Å²) in [4.78, 5) is 23.1. The third-order valence-electron chi connectivity index (χ3n) is 2.95. The highest BCUT2D eigenvalue weighted by molar-refractivity contribution is 5.74. The van der Waals surface area contributed by atoms with E-state index in [9.17, 15) is 14.7 Å². The van der Waals surface area contributed by atoms with Gasteiger partial charge in [0.15, 0.2) is 0 Å². The molecular formula is C14H26O6. The summed E-state index contributed by atoms with van der Waals surface area (Å²) in [5, 5.41) is 18.2. The molecule has 2 N–H and O–H groups in total. The smallest absolute Gasteiger partial charge is 0.312 e. The van der Waals surface area contributed by atoms with Crippen LogP contribution in [-0.4, -0.2) is 47.6 Å². The van der Waals surface area contributed by atoms with Crippen LogP contribution in [0.3, 0.4) is 0 Å². The lowest BCUT2D eigenvalue weighted by molar-refractivity contribution is -0.160. The highest BCUT2D eigenvalue weighted by Crippen LogP contribution is 2.10. The Bertz CT molecular complexity index is 304. The number of aliphatic hydroxyl groups is 2. The number of hydrogen-bond donors (Lipinski definition) is 2. The Morgan fingerprint density at radius 1 is 1.10 bits per heavy atom. The molecule has 0 radical (unpaired) electrons. The Morgan fingerprint density at radius 2 is 1.70 bits per heavy atom. The van der Waals surface area contributed by atoms with Crippen LogP contribution in [-0.2, 0) is 19.1 Å². The molecule has 6 nitrogen and oxygen atoms in total. The second-order valence-electron chi connectivity index (χ2n) is 5.16. The van der Waals surface area contributed by atoms with Crippen molar-refractivity contribution in [1.82, 2.24) is 0 Å². The van der Waals surface area contributed by atoms with Gasteiger partial charge in [0, 0.05) is 6.42 Å². The summed E-state index contributed by atoms with van der Waals surface area (Å²) < 4.78 is 10.1. The lowest BCUT2D eigenvalue weighted by Crippen LogP contribution is -2.28. The molecule has 20 heavy (non-hydrogen) atoms. The first-order chi connectivity index (χ1) is 9.31. The normalized spacial score (nSPS) is 16.9. The van der Waals surface area contributed by atoms with E-state index in [2.05, 4.69) is 0 Å². The van der Waals surface area contributed by atoms with E-state index in [0.29, 0.717) is 12.8 Å². The molecule has 0 aliphatic heterocycles. The van der Waals surface area contributed by atoms with E-state index in [1.54, 1.807) is 20.8 Å². The zero-order valence-electron chi connectivity index (χ0n) is 12.7. The molecule has 0 fully saturated rings. The van der Waals surface area contributed by atoms with Crippen molar-refractivity contribution in [2.45, 2.75) is 52.7 Å². The first-order valence-corrected chi connectivity index (χ1v) is 6.97. The van der Waals surface area contributed by atoms with Gasteiger partial charge >= 0.3 is 11.9 Å². The maximum absolute atomic E-state index is 11.7. The monoisotopic (exact) mass is 290 g/mol. The van der Waals surface area contributed by atoms with Crippen molar-refractivity contribution in [1.29, 1.82) is 0 Å². The van der Waals surface area contributed by atoms with Crippen LogP contribution in [0, 0.1) is 11.8 Å². The van der Waals surface area contributed by atoms with Gasteiger partial charge in [0.2, 0.25) is 0 Å². The Kier molecular flexibility index (Phi) is 9.16. The number of aliphatic hydroxyl groups excluding tert-OH is 2. The highest BCUT2D eigenvalue weighted by Gasteiger charge is 2.22. The highest BCUT2D eigenvalue weighted by atomic mass is 16.6. The first-order valence-electron chi connectivity index (χ1n) is 6.97. The van der Waals surface area contributed by atoms with Crippen molar-refractivity contribution in [3.05, 3.63) is 0 Å². The molecule has 0 aliphatic rings. The first kappa shape index (κ1) is 18.9. The molecule has 0 saturated heterocycles. The van der Waals surface area contributed by atoms with Crippen LogP contribution < -0.4 is 0 Å². The van der Waals surface area contributed by atoms with Gasteiger partial charge in [-0.3, -0.25) is 9.59 Å². The second-order valence-corrected chi connectivity index (χ2v) is 5.16. The van der Waals surface area contributed by atoms with E-state index >= 15 is 0 Å². The maximum Gasteiger partial charge on any atom is 0.312 e. The fourth-order valence-electron chi connectivity index (χ4n) is 1.40. The van der Waals surface area contributed by atoms with E-state index in [4.69, 9.17) is 14.6 Å². The topological polar surface area (TPSA) is 93.1 Å². The molecule has 4 atom stereocenters. The predicted molar refractivity (Wildman–Crippen MR) is 72.8 cm³/mol. The number of hydrogen-bond acceptors (Lipinski definition) is 6. The molecule has 0 rings (SSSR count). The van der Waals surface area contributed by atoms with Crippen molar-refractivity contribution >= 4 is 11.9 Å². The Morgan fingerprint density at radius 3 is 2.20 bits per heavy atom. The van der Waals surface area contributed by atoms with Gasteiger partial charge < -0.3 is 19.7 Å². The second kappa shape index (κ2) is 9.72. The molecule has 6 heteroatoms. The van der Waals surface area contributed by atoms with Crippen molar-refractivity contribution in [3.8, 4) is 0 Å². The fraction of sp³-hybridized carbons (Fsp3) is 0.857. The minimum atomic E-state index is -0.600. The summed E-state index contributed by atoms with van der Waals surface area (Å²) in [5.74, 6) is -2.19. The minimum Gasteiger partial charge on any atom is -0.465 e. The molecule has 0 heterocycles. The molecule has 4 unspecified atom stereocenters. The summed E-state index contributed by atoms with van der Waals surface area (Å²) in [5.41, 5.74) is 0. The molecule has 118 valence electrons. The quantitative estimate of drug-likeness (QED) is 0.613. The Labute approximate surface area is 120 Å². The van der Waals surface area contributed by atoms with Crippen LogP contribution in [0.5, 0.6) is 0 Å². The van der Waals surface area contributed by atoms with Crippen molar-refractivity contribution in [2.24, 2.45) is 11.8 Å². The zero-order chi connectivity index (χ0) is 15.7. The fourth-order valence-corrected chi connectivity index (χ4v) is 1.40. The summed E-state index contributed by atoms with van der Waals surface area (Å²) in [6, 6.07) is 0. The lowest BCUT2D eigenvalue weighted by atomic mass is 10.1. The van der Waals surface area contributed by atoms with E-state index in [1.807, 2.05) is 6.92 Å². The summed E-state index contributed by atoms with van der Waals surface area (Å²) in [6.45, 7) is 6.34. The van der Waals surface area contributed by atoms with E-state index in [-0.39, 0.29) is 19.3 Å². The molecule has 0 bridgehead atoms. The number of ether oxygens (including phenoxy) is 2. The van der Waals surface area contributed by atoms with Crippen molar-refractivity contribution < 1.29 is 29.3 Å². The molecule has 0 amide bonds. The van der Waals surface area contributed by atoms with Crippen LogP contribution in [0.15, 0.2) is 0 Å². The number of rotatable bonds is 9. The molecule has 0 spiro atoms. The van der Waals surface area contributed by atoms with Gasteiger partial charge in [0.05, 0.1) is 24.5 Å². The Balaban J connectivity index is 4.06. The number of carbonyl (C=O) groups excluding carboxylic acids is 2. The standard InChI is InChI=1S/C14H26O6/c1-5-12(16)6-11(4)20-14(18)10(3)8-19-13(17)9(2)7-15/h9-12,15-16H,5-8H2,1-4H3. The van der Waals surface area contributed by atoms with Crippen LogP contribution in [0.1, 0.15) is 40.5 Å². The predicted octanol–water partition coefficient (Wildman–Crippen LogP) is 0.887. The number of esters is 2. The zero-order valence-corrected chi connectivity index (χ0v) is 12.7. The van der Waals surface area contributed by atoms with E-state index in [1.165, 1.54) is 0 Å². The lowest BCUT2D eigenvalue weighted by Gasteiger charge is -2.19. The van der Waals surface area contributed by atoms with Gasteiger partial charge in [-0.1, -0.05) is 6.92 Å². The maximum atomic E-state index is 11.7. The summed E-state index contributed by atoms with van der Waals surface area (Å²) >= 11 is 0. The van der Waals surface area contributed by atoms with E-state index in [0.717, 1.165) is 0 Å². The molecule has 0 aliphatic carbocycles. The molecule has 0 saturated carbocycles. The third kappa shape index (κ3) is 7.45. The molecule has 0 aromatic carbocycles. The summed E-state index contributed by atoms with van der Waals surface area (Å²) in [6.07, 6.45) is 0.119. The largest absolute Gasteiger partial charge is 0.465 e. The molecule has 0 aromatic heterocycles. The van der Waals surface area contributed by atoms with Gasteiger partial charge in [-0.25, -0.2) is 0 Å². The molecular weight excluding hydrogens is 264 g/mol. The van der Waals surface area contributed by atoms with Crippen LogP contribution in [0.25, 0.3) is 0 Å². The SMILES string of the molecule is CCC(O)CC(C)OC(=O)C(C)COC(=O)C(C)CO. The van der Waals surface area contributed by atoms with Crippen LogP contribution in [0.2, 0.25) is 0 Å². The summed E-state index contributed by atoms with van der Waals surface area (Å²) in [7, 11) is 0. The molecule has 0 aromatic rings. The van der Waals surface area contributed by atoms with Crippen LogP contribution in [0.4, 0.5) is 0 Å². The van der Waals surface area contributed by atoms with Gasteiger partial charge in [-0.2, -0.15) is 0 Å². The van der Waals surface area contributed by atoms with Gasteiger partial charge in [0.1, 0.15) is 12.7 Å². The van der Waals surface area contributed by atoms with Gasteiger partial charge in [-0.15, -0.1) is 0 Å². The van der Waals surface area contributed by atoms with Crippen molar-refractivity contribution in [2.75, 3.05) is 13.2 Å².